The summed E-state index contributed by atoms with van der Waals surface area (Å²) in [7, 11) is 0. The number of rotatable bonds is 4. The van der Waals surface area contributed by atoms with E-state index in [1.807, 2.05) is 17.0 Å². The summed E-state index contributed by atoms with van der Waals surface area (Å²) in [4.78, 5) is 14.5. The van der Waals surface area contributed by atoms with Crippen molar-refractivity contribution in [3.63, 3.8) is 0 Å². The van der Waals surface area contributed by atoms with Crippen LogP contribution in [0.1, 0.15) is 37.9 Å². The van der Waals surface area contributed by atoms with Crippen LogP contribution in [-0.4, -0.2) is 22.9 Å². The van der Waals surface area contributed by atoms with Crippen LogP contribution < -0.4 is 5.73 Å². The zero-order chi connectivity index (χ0) is 12.5. The highest BCUT2D eigenvalue weighted by Crippen LogP contribution is 2.33. The Hall–Kier alpha value is -1.29. The zero-order valence-corrected chi connectivity index (χ0v) is 10.5. The summed E-state index contributed by atoms with van der Waals surface area (Å²) in [6.07, 6.45) is 6.70. The Bertz CT molecular complexity index is 411. The molecule has 0 aliphatic heterocycles. The molecule has 2 saturated carbocycles. The molecule has 4 heteroatoms. The van der Waals surface area contributed by atoms with Gasteiger partial charge in [0.15, 0.2) is 0 Å². The summed E-state index contributed by atoms with van der Waals surface area (Å²) in [5.74, 6) is 1.29. The average Bonchev–Trinajstić information content (AvgIpc) is 2.88. The molecule has 2 fully saturated rings. The minimum Gasteiger partial charge on any atom is -0.467 e. The fraction of sp³-hybridized carbons (Fsp3) is 0.643. The monoisotopic (exact) mass is 248 g/mol. The summed E-state index contributed by atoms with van der Waals surface area (Å²) in [6, 6.07) is 4.45. The van der Waals surface area contributed by atoms with E-state index in [0.29, 0.717) is 12.6 Å². The molecule has 3 rings (SSSR count). The molecule has 1 heterocycles. The molecule has 2 atom stereocenters. The smallest absolute Gasteiger partial charge is 0.226 e. The van der Waals surface area contributed by atoms with Crippen LogP contribution in [0, 0.1) is 5.92 Å². The zero-order valence-electron chi connectivity index (χ0n) is 10.5. The van der Waals surface area contributed by atoms with Gasteiger partial charge >= 0.3 is 0 Å². The average molecular weight is 248 g/mol. The highest BCUT2D eigenvalue weighted by Gasteiger charge is 2.38. The number of nitrogens with zero attached hydrogens (tertiary/aromatic N) is 1. The lowest BCUT2D eigenvalue weighted by atomic mass is 10.1. The maximum atomic E-state index is 12.5. The Morgan fingerprint density at radius 2 is 2.22 bits per heavy atom. The van der Waals surface area contributed by atoms with Gasteiger partial charge in [0.1, 0.15) is 5.76 Å². The Balaban J connectivity index is 1.67. The van der Waals surface area contributed by atoms with Crippen molar-refractivity contribution in [3.8, 4) is 0 Å². The van der Waals surface area contributed by atoms with Gasteiger partial charge in [0.2, 0.25) is 5.91 Å². The lowest BCUT2D eigenvalue weighted by Gasteiger charge is -2.24. The quantitative estimate of drug-likeness (QED) is 0.885. The van der Waals surface area contributed by atoms with Gasteiger partial charge in [-0.15, -0.1) is 0 Å². The molecule has 0 radical (unpaired) electrons. The van der Waals surface area contributed by atoms with Crippen LogP contribution in [0.4, 0.5) is 0 Å². The predicted octanol–water partition coefficient (Wildman–Crippen LogP) is 1.90. The van der Waals surface area contributed by atoms with Crippen molar-refractivity contribution in [1.82, 2.24) is 4.90 Å². The summed E-state index contributed by atoms with van der Waals surface area (Å²) >= 11 is 0. The van der Waals surface area contributed by atoms with E-state index < -0.39 is 0 Å². The normalized spacial score (nSPS) is 27.4. The molecule has 2 aliphatic rings. The maximum Gasteiger partial charge on any atom is 0.226 e. The third-order valence-electron chi connectivity index (χ3n) is 4.00. The highest BCUT2D eigenvalue weighted by molar-refractivity contribution is 5.79. The van der Waals surface area contributed by atoms with Crippen LogP contribution >= 0.6 is 0 Å². The number of carbonyl (C=O) groups is 1. The van der Waals surface area contributed by atoms with Crippen LogP contribution in [-0.2, 0) is 11.3 Å². The molecule has 1 amide bonds. The second-order valence-electron chi connectivity index (χ2n) is 5.55. The lowest BCUT2D eigenvalue weighted by Crippen LogP contribution is -2.37. The molecule has 2 N–H and O–H groups in total. The van der Waals surface area contributed by atoms with Gasteiger partial charge in [0.05, 0.1) is 12.8 Å². The molecule has 4 nitrogen and oxygen atoms in total. The second kappa shape index (κ2) is 4.76. The van der Waals surface area contributed by atoms with Crippen molar-refractivity contribution in [1.29, 1.82) is 0 Å². The van der Waals surface area contributed by atoms with Crippen molar-refractivity contribution >= 4 is 5.91 Å². The van der Waals surface area contributed by atoms with E-state index in [1.165, 1.54) is 0 Å². The van der Waals surface area contributed by atoms with Crippen molar-refractivity contribution < 1.29 is 9.21 Å². The molecule has 98 valence electrons. The number of amides is 1. The topological polar surface area (TPSA) is 59.5 Å². The lowest BCUT2D eigenvalue weighted by molar-refractivity contribution is -0.136. The Labute approximate surface area is 107 Å². The Morgan fingerprint density at radius 1 is 1.39 bits per heavy atom. The summed E-state index contributed by atoms with van der Waals surface area (Å²) in [6.45, 7) is 0.613. The summed E-state index contributed by atoms with van der Waals surface area (Å²) in [5.41, 5.74) is 5.90. The van der Waals surface area contributed by atoms with E-state index in [0.717, 1.165) is 37.9 Å². The Morgan fingerprint density at radius 3 is 2.78 bits per heavy atom. The van der Waals surface area contributed by atoms with Crippen molar-refractivity contribution in [2.24, 2.45) is 11.7 Å². The first-order chi connectivity index (χ1) is 8.74. The van der Waals surface area contributed by atoms with E-state index >= 15 is 0 Å². The first kappa shape index (κ1) is 11.8. The van der Waals surface area contributed by atoms with Gasteiger partial charge in [-0.3, -0.25) is 4.79 Å². The molecule has 1 aromatic rings. The first-order valence-electron chi connectivity index (χ1n) is 6.82. The molecule has 18 heavy (non-hydrogen) atoms. The summed E-state index contributed by atoms with van der Waals surface area (Å²) in [5, 5.41) is 0. The van der Waals surface area contributed by atoms with Gasteiger partial charge in [-0.1, -0.05) is 0 Å². The molecule has 2 aliphatic carbocycles. The SMILES string of the molecule is NC1CCC(C(=O)N(Cc2ccco2)C2CC2)C1. The van der Waals surface area contributed by atoms with Crippen LogP contribution in [0.5, 0.6) is 0 Å². The van der Waals surface area contributed by atoms with Crippen LogP contribution in [0.2, 0.25) is 0 Å². The molecule has 0 spiro atoms. The van der Waals surface area contributed by atoms with E-state index in [1.54, 1.807) is 6.26 Å². The van der Waals surface area contributed by atoms with Gasteiger partial charge in [-0.25, -0.2) is 0 Å². The van der Waals surface area contributed by atoms with Gasteiger partial charge in [-0.2, -0.15) is 0 Å². The number of nitrogens with two attached hydrogens (primary N) is 1. The van der Waals surface area contributed by atoms with Crippen LogP contribution in [0.3, 0.4) is 0 Å². The fourth-order valence-corrected chi connectivity index (χ4v) is 2.82. The minimum atomic E-state index is 0.135. The van der Waals surface area contributed by atoms with Gasteiger partial charge in [0.25, 0.3) is 0 Å². The molecule has 0 saturated heterocycles. The van der Waals surface area contributed by atoms with E-state index in [-0.39, 0.29) is 17.9 Å². The number of carbonyl (C=O) groups excluding carboxylic acids is 1. The fourth-order valence-electron chi connectivity index (χ4n) is 2.82. The van der Waals surface area contributed by atoms with Crippen molar-refractivity contribution in [2.45, 2.75) is 50.7 Å². The Kier molecular flexibility index (Phi) is 3.12. The van der Waals surface area contributed by atoms with E-state index in [2.05, 4.69) is 0 Å². The summed E-state index contributed by atoms with van der Waals surface area (Å²) < 4.78 is 5.36. The molecule has 1 aromatic heterocycles. The van der Waals surface area contributed by atoms with Gasteiger partial charge in [0, 0.05) is 18.0 Å². The largest absolute Gasteiger partial charge is 0.467 e. The molecular weight excluding hydrogens is 228 g/mol. The van der Waals surface area contributed by atoms with Crippen LogP contribution in [0.15, 0.2) is 22.8 Å². The number of hydrogen-bond donors (Lipinski definition) is 1. The predicted molar refractivity (Wildman–Crippen MR) is 67.6 cm³/mol. The second-order valence-corrected chi connectivity index (χ2v) is 5.55. The molecule has 2 unspecified atom stereocenters. The van der Waals surface area contributed by atoms with Gasteiger partial charge < -0.3 is 15.1 Å². The number of furan rings is 1. The molecule has 0 bridgehead atoms. The highest BCUT2D eigenvalue weighted by atomic mass is 16.3. The van der Waals surface area contributed by atoms with Crippen molar-refractivity contribution in [3.05, 3.63) is 24.2 Å². The maximum absolute atomic E-state index is 12.5. The first-order valence-corrected chi connectivity index (χ1v) is 6.82. The van der Waals surface area contributed by atoms with E-state index in [4.69, 9.17) is 10.2 Å². The number of hydrogen-bond acceptors (Lipinski definition) is 3. The van der Waals surface area contributed by atoms with Crippen LogP contribution in [0.25, 0.3) is 0 Å². The minimum absolute atomic E-state index is 0.135. The molecular formula is C14H20N2O2. The van der Waals surface area contributed by atoms with Crippen molar-refractivity contribution in [2.75, 3.05) is 0 Å². The molecule has 0 aromatic carbocycles. The third-order valence-corrected chi connectivity index (χ3v) is 4.00. The van der Waals surface area contributed by atoms with Gasteiger partial charge in [-0.05, 0) is 44.2 Å². The standard InChI is InChI=1S/C14H20N2O2/c15-11-4-3-10(8-11)14(17)16(12-5-6-12)9-13-2-1-7-18-13/h1-2,7,10-12H,3-6,8-9,15H2. The van der Waals surface area contributed by atoms with E-state index in [9.17, 15) is 4.79 Å². The third kappa shape index (κ3) is 2.43.